The second kappa shape index (κ2) is 7.66. The number of aromatic nitrogens is 1. The van der Waals surface area contributed by atoms with Gasteiger partial charge < -0.3 is 15.5 Å². The van der Waals surface area contributed by atoms with Gasteiger partial charge in [0.2, 0.25) is 11.8 Å². The zero-order valence-corrected chi connectivity index (χ0v) is 14.9. The molecule has 1 aliphatic carbocycles. The van der Waals surface area contributed by atoms with Crippen LogP contribution in [0, 0.1) is 25.7 Å². The summed E-state index contributed by atoms with van der Waals surface area (Å²) >= 11 is 0. The molecule has 2 aliphatic rings. The third-order valence-corrected chi connectivity index (χ3v) is 5.61. The summed E-state index contributed by atoms with van der Waals surface area (Å²) in [5.74, 6) is 2.48. The van der Waals surface area contributed by atoms with Gasteiger partial charge in [-0.25, -0.2) is 4.98 Å². The molecule has 1 saturated carbocycles. The van der Waals surface area contributed by atoms with Crippen LogP contribution in [0.4, 0.5) is 0 Å². The zero-order chi connectivity index (χ0) is 17.1. The molecule has 24 heavy (non-hydrogen) atoms. The van der Waals surface area contributed by atoms with Gasteiger partial charge in [-0.05, 0) is 58.5 Å². The number of likely N-dealkylation sites (tertiary alicyclic amines) is 1. The molecule has 1 aromatic heterocycles. The molecule has 6 nitrogen and oxygen atoms in total. The molecule has 6 heteroatoms. The Morgan fingerprint density at radius 1 is 1.29 bits per heavy atom. The van der Waals surface area contributed by atoms with Crippen LogP contribution in [0.25, 0.3) is 0 Å². The Hall–Kier alpha value is -1.40. The molecule has 0 bridgehead atoms. The number of piperidine rings is 1. The molecular weight excluding hydrogens is 304 g/mol. The van der Waals surface area contributed by atoms with Gasteiger partial charge in [-0.15, -0.1) is 0 Å². The first kappa shape index (κ1) is 17.4. The fourth-order valence-corrected chi connectivity index (χ4v) is 3.84. The number of amides is 1. The predicted octanol–water partition coefficient (Wildman–Crippen LogP) is 1.75. The Kier molecular flexibility index (Phi) is 5.56. The van der Waals surface area contributed by atoms with E-state index in [2.05, 4.69) is 15.2 Å². The third kappa shape index (κ3) is 4.16. The molecule has 2 atom stereocenters. The van der Waals surface area contributed by atoms with Crippen LogP contribution in [0.1, 0.15) is 49.4 Å². The number of nitrogens with two attached hydrogens (primary N) is 1. The van der Waals surface area contributed by atoms with Crippen LogP contribution in [-0.2, 0) is 11.3 Å². The van der Waals surface area contributed by atoms with Crippen molar-refractivity contribution in [1.82, 2.24) is 15.2 Å². The maximum atomic E-state index is 12.2. The molecule has 134 valence electrons. The minimum absolute atomic E-state index is 0.0293. The van der Waals surface area contributed by atoms with Crippen LogP contribution < -0.4 is 11.1 Å². The van der Waals surface area contributed by atoms with Gasteiger partial charge in [0.15, 0.2) is 0 Å². The lowest BCUT2D eigenvalue weighted by atomic mass is 9.96. The van der Waals surface area contributed by atoms with E-state index in [-0.39, 0.29) is 17.9 Å². The molecule has 3 rings (SSSR count). The van der Waals surface area contributed by atoms with Crippen molar-refractivity contribution in [3.8, 4) is 0 Å². The van der Waals surface area contributed by atoms with Crippen LogP contribution in [0.2, 0.25) is 0 Å². The van der Waals surface area contributed by atoms with Crippen molar-refractivity contribution in [2.75, 3.05) is 19.6 Å². The summed E-state index contributed by atoms with van der Waals surface area (Å²) in [5, 5.41) is 3.13. The fraction of sp³-hybridized carbons (Fsp3) is 0.778. The first-order chi connectivity index (χ1) is 11.5. The Morgan fingerprint density at radius 2 is 2.04 bits per heavy atom. The maximum absolute atomic E-state index is 12.2. The summed E-state index contributed by atoms with van der Waals surface area (Å²) < 4.78 is 5.67. The minimum atomic E-state index is 0.0293. The number of carbonyl (C=O) groups is 1. The monoisotopic (exact) mass is 334 g/mol. The Morgan fingerprint density at radius 3 is 2.62 bits per heavy atom. The van der Waals surface area contributed by atoms with Gasteiger partial charge >= 0.3 is 0 Å². The van der Waals surface area contributed by atoms with Gasteiger partial charge in [-0.3, -0.25) is 9.69 Å². The minimum Gasteiger partial charge on any atom is -0.444 e. The van der Waals surface area contributed by atoms with Crippen LogP contribution in [-0.4, -0.2) is 41.5 Å². The average Bonchev–Trinajstić information content (AvgIpc) is 3.12. The number of hydrogen-bond donors (Lipinski definition) is 2. The van der Waals surface area contributed by atoms with Gasteiger partial charge in [0.25, 0.3) is 0 Å². The van der Waals surface area contributed by atoms with E-state index in [1.165, 1.54) is 0 Å². The van der Waals surface area contributed by atoms with E-state index in [4.69, 9.17) is 10.2 Å². The molecule has 1 amide bonds. The van der Waals surface area contributed by atoms with E-state index >= 15 is 0 Å². The standard InChI is InChI=1S/C18H30N4O2/c1-12-13(2)24-17(21-12)11-22-8-6-14(7-9-22)10-20-18(23)15-4-3-5-16(15)19/h14-16H,3-11,19H2,1-2H3,(H,20,23)/t15-,16+/m1/s1. The summed E-state index contributed by atoms with van der Waals surface area (Å²) in [4.78, 5) is 19.1. The first-order valence-electron chi connectivity index (χ1n) is 9.21. The fourth-order valence-electron chi connectivity index (χ4n) is 3.84. The predicted molar refractivity (Wildman–Crippen MR) is 92.3 cm³/mol. The highest BCUT2D eigenvalue weighted by Crippen LogP contribution is 2.24. The molecule has 3 N–H and O–H groups in total. The number of hydrogen-bond acceptors (Lipinski definition) is 5. The van der Waals surface area contributed by atoms with Crippen molar-refractivity contribution in [2.45, 2.75) is 58.5 Å². The molecule has 1 aliphatic heterocycles. The normalized spacial score (nSPS) is 26.0. The largest absolute Gasteiger partial charge is 0.444 e. The zero-order valence-electron chi connectivity index (χ0n) is 14.9. The summed E-state index contributed by atoms with van der Waals surface area (Å²) in [6.07, 6.45) is 5.22. The van der Waals surface area contributed by atoms with Crippen molar-refractivity contribution in [3.63, 3.8) is 0 Å². The Bertz CT molecular complexity index is 544. The molecule has 0 radical (unpaired) electrons. The number of rotatable bonds is 5. The highest BCUT2D eigenvalue weighted by atomic mass is 16.4. The third-order valence-electron chi connectivity index (χ3n) is 5.61. The quantitative estimate of drug-likeness (QED) is 0.857. The first-order valence-corrected chi connectivity index (χ1v) is 9.21. The molecule has 0 unspecified atom stereocenters. The summed E-state index contributed by atoms with van der Waals surface area (Å²) in [5.41, 5.74) is 6.99. The topological polar surface area (TPSA) is 84.4 Å². The Balaban J connectivity index is 1.38. The number of aryl methyl sites for hydroxylation is 2. The van der Waals surface area contributed by atoms with E-state index < -0.39 is 0 Å². The number of oxazole rings is 1. The summed E-state index contributed by atoms with van der Waals surface area (Å²) in [6.45, 7) is 7.57. The van der Waals surface area contributed by atoms with Crippen LogP contribution in [0.15, 0.2) is 4.42 Å². The van der Waals surface area contributed by atoms with Crippen molar-refractivity contribution in [3.05, 3.63) is 17.3 Å². The van der Waals surface area contributed by atoms with Crippen LogP contribution >= 0.6 is 0 Å². The van der Waals surface area contributed by atoms with E-state index in [0.29, 0.717) is 5.92 Å². The Labute approximate surface area is 144 Å². The SMILES string of the molecule is Cc1nc(CN2CCC(CNC(=O)[C@@H]3CCC[C@@H]3N)CC2)oc1C. The smallest absolute Gasteiger partial charge is 0.224 e. The lowest BCUT2D eigenvalue weighted by Gasteiger charge is -2.31. The molecule has 2 heterocycles. The number of nitrogens with zero attached hydrogens (tertiary/aromatic N) is 2. The van der Waals surface area contributed by atoms with Crippen molar-refractivity contribution in [1.29, 1.82) is 0 Å². The molecular formula is C18H30N4O2. The van der Waals surface area contributed by atoms with E-state index in [1.54, 1.807) is 0 Å². The molecule has 1 aromatic rings. The maximum Gasteiger partial charge on any atom is 0.224 e. The van der Waals surface area contributed by atoms with Crippen molar-refractivity contribution in [2.24, 2.45) is 17.6 Å². The van der Waals surface area contributed by atoms with Gasteiger partial charge in [-0.2, -0.15) is 0 Å². The van der Waals surface area contributed by atoms with E-state index in [9.17, 15) is 4.79 Å². The summed E-state index contributed by atoms with van der Waals surface area (Å²) in [6, 6.07) is 0.0551. The molecule has 1 saturated heterocycles. The van der Waals surface area contributed by atoms with Gasteiger partial charge in [0, 0.05) is 12.6 Å². The van der Waals surface area contributed by atoms with Gasteiger partial charge in [0.1, 0.15) is 5.76 Å². The van der Waals surface area contributed by atoms with Crippen LogP contribution in [0.3, 0.4) is 0 Å². The van der Waals surface area contributed by atoms with Crippen molar-refractivity contribution < 1.29 is 9.21 Å². The summed E-state index contributed by atoms with van der Waals surface area (Å²) in [7, 11) is 0. The molecule has 0 spiro atoms. The number of carbonyl (C=O) groups excluding carboxylic acids is 1. The van der Waals surface area contributed by atoms with E-state index in [1.807, 2.05) is 13.8 Å². The average molecular weight is 334 g/mol. The van der Waals surface area contributed by atoms with Gasteiger partial charge in [-0.1, -0.05) is 6.42 Å². The second-order valence-electron chi connectivity index (χ2n) is 7.42. The van der Waals surface area contributed by atoms with Crippen molar-refractivity contribution >= 4 is 5.91 Å². The van der Waals surface area contributed by atoms with Crippen LogP contribution in [0.5, 0.6) is 0 Å². The lowest BCUT2D eigenvalue weighted by molar-refractivity contribution is -0.125. The molecule has 2 fully saturated rings. The highest BCUT2D eigenvalue weighted by molar-refractivity contribution is 5.79. The lowest BCUT2D eigenvalue weighted by Crippen LogP contribution is -2.42. The number of nitrogens with one attached hydrogen (secondary N) is 1. The highest BCUT2D eigenvalue weighted by Gasteiger charge is 2.30. The van der Waals surface area contributed by atoms with Gasteiger partial charge in [0.05, 0.1) is 18.2 Å². The van der Waals surface area contributed by atoms with E-state index in [0.717, 1.165) is 75.6 Å². The molecule has 0 aromatic carbocycles. The second-order valence-corrected chi connectivity index (χ2v) is 7.42.